The van der Waals surface area contributed by atoms with E-state index in [1.165, 1.54) is 0 Å². The lowest BCUT2D eigenvalue weighted by atomic mass is 10.2. The maximum atomic E-state index is 3.83. The molecule has 1 aromatic heterocycles. The van der Waals surface area contributed by atoms with Crippen molar-refractivity contribution >= 4 is 10.8 Å². The topological polar surface area (TPSA) is 12.9 Å². The van der Waals surface area contributed by atoms with Gasteiger partial charge in [0.25, 0.3) is 0 Å². The van der Waals surface area contributed by atoms with Gasteiger partial charge < -0.3 is 0 Å². The smallest absolute Gasteiger partial charge is 0.0460 e. The number of hydrogen-bond acceptors (Lipinski definition) is 1. The van der Waals surface area contributed by atoms with E-state index in [1.807, 2.05) is 38.1 Å². The Kier molecular flexibility index (Phi) is 3.10. The molecule has 0 radical (unpaired) electrons. The Hall–Kier alpha value is -1.55. The van der Waals surface area contributed by atoms with E-state index in [2.05, 4.69) is 17.2 Å². The first-order valence-electron chi connectivity index (χ1n) is 4.10. The first kappa shape index (κ1) is 8.55. The van der Waals surface area contributed by atoms with Crippen LogP contribution in [0.25, 0.3) is 10.8 Å². The summed E-state index contributed by atoms with van der Waals surface area (Å²) in [5, 5.41) is 2.18. The monoisotopic (exact) mass is 157 g/mol. The van der Waals surface area contributed by atoms with Crippen molar-refractivity contribution in [2.24, 2.45) is 0 Å². The van der Waals surface area contributed by atoms with Gasteiger partial charge in [-0.05, 0) is 12.1 Å². The third-order valence-electron chi connectivity index (χ3n) is 1.42. The molecule has 0 spiro atoms. The lowest BCUT2D eigenvalue weighted by Gasteiger charge is -1.87. The summed E-state index contributed by atoms with van der Waals surface area (Å²) in [6.45, 7) is 4.00. The highest BCUT2D eigenvalue weighted by Gasteiger charge is 1.85. The van der Waals surface area contributed by atoms with E-state index in [1.54, 1.807) is 6.20 Å². The molecule has 0 saturated carbocycles. The van der Waals surface area contributed by atoms with Crippen molar-refractivity contribution in [1.29, 1.82) is 0 Å². The molecule has 0 aliphatic heterocycles. The summed E-state index contributed by atoms with van der Waals surface area (Å²) in [7, 11) is 0. The van der Waals surface area contributed by atoms with Crippen LogP contribution in [0, 0.1) is 12.3 Å². The van der Waals surface area contributed by atoms with Gasteiger partial charge in [-0.2, -0.15) is 0 Å². The first-order valence-corrected chi connectivity index (χ1v) is 4.10. The van der Waals surface area contributed by atoms with Crippen molar-refractivity contribution in [3.05, 3.63) is 42.7 Å². The molecular formula is C11H11N. The Labute approximate surface area is 73.1 Å². The van der Waals surface area contributed by atoms with Crippen molar-refractivity contribution in [2.75, 3.05) is 0 Å². The van der Waals surface area contributed by atoms with Crippen LogP contribution in [0.1, 0.15) is 13.8 Å². The molecule has 12 heavy (non-hydrogen) atoms. The summed E-state index contributed by atoms with van der Waals surface area (Å²) in [5.41, 5.74) is 0. The average Bonchev–Trinajstić information content (AvgIpc) is 2.21. The van der Waals surface area contributed by atoms with Gasteiger partial charge in [0.1, 0.15) is 0 Å². The highest BCUT2D eigenvalue weighted by atomic mass is 14.6. The maximum Gasteiger partial charge on any atom is 0.0460 e. The quantitative estimate of drug-likeness (QED) is 0.573. The van der Waals surface area contributed by atoms with Gasteiger partial charge in [-0.25, -0.2) is 4.98 Å². The van der Waals surface area contributed by atoms with Crippen LogP contribution in [-0.4, -0.2) is 4.98 Å². The third-order valence-corrected chi connectivity index (χ3v) is 1.42. The number of hydrogen-bond donors (Lipinski definition) is 0. The van der Waals surface area contributed by atoms with Gasteiger partial charge >= 0.3 is 0 Å². The SMILES string of the molecule is CC.c1ncc2ccccc2c#1. The second kappa shape index (κ2) is 4.35. The van der Waals surface area contributed by atoms with Crippen LogP contribution >= 0.6 is 0 Å². The molecule has 0 unspecified atom stereocenters. The molecule has 0 N–H and O–H groups in total. The Morgan fingerprint density at radius 3 is 2.67 bits per heavy atom. The Balaban J connectivity index is 0.000000336. The number of rotatable bonds is 0. The molecule has 0 aliphatic rings. The normalized spacial score (nSPS) is 8.17. The second-order valence-electron chi connectivity index (χ2n) is 2.08. The molecule has 2 rings (SSSR count). The second-order valence-corrected chi connectivity index (χ2v) is 2.08. The van der Waals surface area contributed by atoms with Crippen LogP contribution in [0.4, 0.5) is 0 Å². The molecule has 0 aliphatic carbocycles. The molecule has 0 atom stereocenters. The van der Waals surface area contributed by atoms with E-state index in [4.69, 9.17) is 0 Å². The zero-order valence-corrected chi connectivity index (χ0v) is 7.33. The zero-order chi connectivity index (χ0) is 8.81. The van der Waals surface area contributed by atoms with E-state index >= 15 is 0 Å². The van der Waals surface area contributed by atoms with Crippen LogP contribution in [0.2, 0.25) is 0 Å². The van der Waals surface area contributed by atoms with E-state index in [0.717, 1.165) is 10.8 Å². The van der Waals surface area contributed by atoms with Crippen LogP contribution in [-0.2, 0) is 0 Å². The number of benzene rings is 1. The molecule has 1 aromatic carbocycles. The fourth-order valence-corrected chi connectivity index (χ4v) is 0.918. The van der Waals surface area contributed by atoms with Crippen molar-refractivity contribution in [2.45, 2.75) is 13.8 Å². The van der Waals surface area contributed by atoms with Crippen LogP contribution in [0.15, 0.2) is 30.5 Å². The van der Waals surface area contributed by atoms with Crippen molar-refractivity contribution in [1.82, 2.24) is 4.98 Å². The minimum Gasteiger partial charge on any atom is -0.205 e. The van der Waals surface area contributed by atoms with E-state index < -0.39 is 0 Å². The summed E-state index contributed by atoms with van der Waals surface area (Å²) in [4.78, 5) is 3.83. The molecule has 1 nitrogen and oxygen atoms in total. The lowest BCUT2D eigenvalue weighted by Crippen LogP contribution is -1.69. The number of fused-ring (bicyclic) bond motifs is 1. The molecule has 0 fully saturated rings. The molecule has 0 saturated heterocycles. The highest BCUT2D eigenvalue weighted by Crippen LogP contribution is 2.06. The summed E-state index contributed by atoms with van der Waals surface area (Å²) in [5.74, 6) is 0. The Morgan fingerprint density at radius 1 is 1.17 bits per heavy atom. The number of aromatic nitrogens is 1. The first-order chi connectivity index (χ1) is 5.97. The van der Waals surface area contributed by atoms with E-state index in [-0.39, 0.29) is 0 Å². The Bertz CT molecular complexity index is 276. The van der Waals surface area contributed by atoms with E-state index in [0.29, 0.717) is 0 Å². The molecular weight excluding hydrogens is 146 g/mol. The van der Waals surface area contributed by atoms with Gasteiger partial charge in [0.15, 0.2) is 0 Å². The Morgan fingerprint density at radius 2 is 1.92 bits per heavy atom. The summed E-state index contributed by atoms with van der Waals surface area (Å²) < 4.78 is 0. The van der Waals surface area contributed by atoms with Gasteiger partial charge in [0, 0.05) is 23.2 Å². The highest BCUT2D eigenvalue weighted by molar-refractivity contribution is 5.79. The predicted octanol–water partition coefficient (Wildman–Crippen LogP) is 2.86. The zero-order valence-electron chi connectivity index (χ0n) is 7.33. The molecule has 1 heterocycles. The lowest BCUT2D eigenvalue weighted by molar-refractivity contribution is 1.38. The third kappa shape index (κ3) is 1.73. The van der Waals surface area contributed by atoms with Crippen LogP contribution in [0.5, 0.6) is 0 Å². The van der Waals surface area contributed by atoms with Gasteiger partial charge in [-0.3, -0.25) is 0 Å². The van der Waals surface area contributed by atoms with Gasteiger partial charge in [-0.15, -0.1) is 0 Å². The molecule has 0 bridgehead atoms. The molecule has 0 amide bonds. The van der Waals surface area contributed by atoms with Gasteiger partial charge in [-0.1, -0.05) is 32.0 Å². The molecule has 1 heteroatoms. The van der Waals surface area contributed by atoms with Gasteiger partial charge in [0.05, 0.1) is 0 Å². The van der Waals surface area contributed by atoms with Crippen molar-refractivity contribution in [3.8, 4) is 0 Å². The average molecular weight is 157 g/mol. The minimum absolute atomic E-state index is 1.07. The summed E-state index contributed by atoms with van der Waals surface area (Å²) >= 11 is 0. The van der Waals surface area contributed by atoms with Gasteiger partial charge in [0.2, 0.25) is 0 Å². The number of nitrogens with zero attached hydrogens (tertiary/aromatic N) is 1. The largest absolute Gasteiger partial charge is 0.205 e. The van der Waals surface area contributed by atoms with Crippen molar-refractivity contribution in [3.63, 3.8) is 0 Å². The predicted molar refractivity (Wildman–Crippen MR) is 50.8 cm³/mol. The maximum absolute atomic E-state index is 3.83. The molecule has 2 aromatic rings. The van der Waals surface area contributed by atoms with Crippen LogP contribution in [0.3, 0.4) is 0 Å². The fraction of sp³-hybridized carbons (Fsp3) is 0.182. The fourth-order valence-electron chi connectivity index (χ4n) is 0.918. The van der Waals surface area contributed by atoms with Crippen molar-refractivity contribution < 1.29 is 0 Å². The minimum atomic E-state index is 1.07. The standard InChI is InChI=1S/C9H5N.C2H6/c1-2-4-9-7-10-6-5-8(9)3-1;1-2/h1-4,7H;1-2H3. The summed E-state index contributed by atoms with van der Waals surface area (Å²) in [6.07, 6.45) is 4.44. The van der Waals surface area contributed by atoms with E-state index in [9.17, 15) is 0 Å². The summed E-state index contributed by atoms with van der Waals surface area (Å²) in [6, 6.07) is 10.9. The van der Waals surface area contributed by atoms with Crippen LogP contribution < -0.4 is 0 Å². The molecule has 60 valence electrons.